The molecule has 0 atom stereocenters. The Hall–Kier alpha value is -0.860. The van der Waals surface area contributed by atoms with Gasteiger partial charge in [-0.1, -0.05) is 20.3 Å². The first-order chi connectivity index (χ1) is 5.99. The van der Waals surface area contributed by atoms with Crippen LogP contribution in [-0.2, 0) is 9.59 Å². The average molecular weight is 184 g/mol. The van der Waals surface area contributed by atoms with Gasteiger partial charge in [0, 0.05) is 6.42 Å². The maximum Gasteiger partial charge on any atom is 0.317 e. The normalized spacial score (nSPS) is 19.6. The van der Waals surface area contributed by atoms with Crippen molar-refractivity contribution in [1.82, 2.24) is 0 Å². The van der Waals surface area contributed by atoms with Crippen molar-refractivity contribution in [2.75, 3.05) is 0 Å². The molecule has 1 N–H and O–H groups in total. The standard InChI is InChI=1S/C10H16O3/c1-7(2)6-8(11)10(9(12)13)4-3-5-10/h7H,3-6H2,1-2H3,(H,12,13). The van der Waals surface area contributed by atoms with Crippen molar-refractivity contribution < 1.29 is 14.7 Å². The first kappa shape index (κ1) is 10.2. The Morgan fingerprint density at radius 1 is 1.38 bits per heavy atom. The predicted molar refractivity (Wildman–Crippen MR) is 48.4 cm³/mol. The summed E-state index contributed by atoms with van der Waals surface area (Å²) in [4.78, 5) is 22.5. The third-order valence-corrected chi connectivity index (χ3v) is 2.74. The van der Waals surface area contributed by atoms with Gasteiger partial charge in [0.05, 0.1) is 0 Å². The average Bonchev–Trinajstić information content (AvgIpc) is 1.79. The second-order valence-electron chi connectivity index (χ2n) is 4.26. The SMILES string of the molecule is CC(C)CC(=O)C1(C(=O)O)CCC1. The molecule has 0 unspecified atom stereocenters. The molecule has 0 aromatic carbocycles. The van der Waals surface area contributed by atoms with Crippen molar-refractivity contribution in [2.24, 2.45) is 11.3 Å². The number of carboxylic acid groups (broad SMARTS) is 1. The van der Waals surface area contributed by atoms with E-state index in [1.54, 1.807) is 0 Å². The van der Waals surface area contributed by atoms with E-state index < -0.39 is 11.4 Å². The van der Waals surface area contributed by atoms with Crippen molar-refractivity contribution in [3.8, 4) is 0 Å². The smallest absolute Gasteiger partial charge is 0.317 e. The second-order valence-corrected chi connectivity index (χ2v) is 4.26. The highest BCUT2D eigenvalue weighted by atomic mass is 16.4. The highest BCUT2D eigenvalue weighted by Gasteiger charge is 2.50. The van der Waals surface area contributed by atoms with Gasteiger partial charge in [0.25, 0.3) is 0 Å². The molecule has 0 heterocycles. The summed E-state index contributed by atoms with van der Waals surface area (Å²) in [6.07, 6.45) is 2.34. The fourth-order valence-corrected chi connectivity index (χ4v) is 1.71. The maximum atomic E-state index is 11.6. The number of hydrogen-bond donors (Lipinski definition) is 1. The Morgan fingerprint density at radius 3 is 2.15 bits per heavy atom. The van der Waals surface area contributed by atoms with Crippen molar-refractivity contribution in [3.63, 3.8) is 0 Å². The molecule has 0 saturated heterocycles. The molecule has 1 fully saturated rings. The van der Waals surface area contributed by atoms with Crippen LogP contribution in [0.15, 0.2) is 0 Å². The van der Waals surface area contributed by atoms with Crippen LogP contribution in [0, 0.1) is 11.3 Å². The van der Waals surface area contributed by atoms with Gasteiger partial charge < -0.3 is 5.11 Å². The molecule has 1 aliphatic carbocycles. The quantitative estimate of drug-likeness (QED) is 0.678. The van der Waals surface area contributed by atoms with Gasteiger partial charge in [-0.25, -0.2) is 0 Å². The lowest BCUT2D eigenvalue weighted by Crippen LogP contribution is -2.45. The second kappa shape index (κ2) is 3.48. The first-order valence-corrected chi connectivity index (χ1v) is 4.76. The van der Waals surface area contributed by atoms with Gasteiger partial charge in [-0.2, -0.15) is 0 Å². The number of rotatable bonds is 4. The van der Waals surface area contributed by atoms with E-state index in [9.17, 15) is 9.59 Å². The molecular formula is C10H16O3. The summed E-state index contributed by atoms with van der Waals surface area (Å²) in [7, 11) is 0. The lowest BCUT2D eigenvalue weighted by Gasteiger charge is -2.36. The van der Waals surface area contributed by atoms with Crippen LogP contribution in [0.3, 0.4) is 0 Å². The number of aliphatic carboxylic acids is 1. The number of ketones is 1. The minimum Gasteiger partial charge on any atom is -0.480 e. The summed E-state index contributed by atoms with van der Waals surface area (Å²) in [5.41, 5.74) is -1.01. The molecule has 3 nitrogen and oxygen atoms in total. The van der Waals surface area contributed by atoms with Gasteiger partial charge in [0.1, 0.15) is 11.2 Å². The Kier molecular flexibility index (Phi) is 2.74. The van der Waals surface area contributed by atoms with Crippen LogP contribution < -0.4 is 0 Å². The van der Waals surface area contributed by atoms with Gasteiger partial charge in [-0.15, -0.1) is 0 Å². The Labute approximate surface area is 78.1 Å². The number of carboxylic acids is 1. The molecule has 0 spiro atoms. The molecule has 13 heavy (non-hydrogen) atoms. The van der Waals surface area contributed by atoms with Crippen molar-refractivity contribution >= 4 is 11.8 Å². The van der Waals surface area contributed by atoms with E-state index in [-0.39, 0.29) is 11.7 Å². The number of Topliss-reactive ketones (excluding diaryl/α,β-unsaturated/α-hetero) is 1. The van der Waals surface area contributed by atoms with E-state index in [4.69, 9.17) is 5.11 Å². The summed E-state index contributed by atoms with van der Waals surface area (Å²) in [6, 6.07) is 0. The Bertz CT molecular complexity index is 226. The lowest BCUT2D eigenvalue weighted by molar-refractivity contribution is -0.161. The number of carbonyl (C=O) groups excluding carboxylic acids is 1. The van der Waals surface area contributed by atoms with Crippen LogP contribution >= 0.6 is 0 Å². The zero-order chi connectivity index (χ0) is 10.1. The van der Waals surface area contributed by atoms with Gasteiger partial charge in [0.15, 0.2) is 0 Å². The van der Waals surface area contributed by atoms with Gasteiger partial charge in [0.2, 0.25) is 0 Å². The molecule has 1 rings (SSSR count). The van der Waals surface area contributed by atoms with Crippen LogP contribution in [0.2, 0.25) is 0 Å². The molecular weight excluding hydrogens is 168 g/mol. The third kappa shape index (κ3) is 1.74. The van der Waals surface area contributed by atoms with E-state index in [1.165, 1.54) is 0 Å². The van der Waals surface area contributed by atoms with E-state index in [1.807, 2.05) is 13.8 Å². The molecule has 0 bridgehead atoms. The molecule has 0 aliphatic heterocycles. The van der Waals surface area contributed by atoms with Crippen LogP contribution in [0.25, 0.3) is 0 Å². The fourth-order valence-electron chi connectivity index (χ4n) is 1.71. The number of carbonyl (C=O) groups is 2. The molecule has 0 radical (unpaired) electrons. The Morgan fingerprint density at radius 2 is 1.92 bits per heavy atom. The van der Waals surface area contributed by atoms with Gasteiger partial charge >= 0.3 is 5.97 Å². The zero-order valence-electron chi connectivity index (χ0n) is 8.17. The Balaban J connectivity index is 2.66. The molecule has 1 saturated carbocycles. The number of hydrogen-bond acceptors (Lipinski definition) is 2. The lowest BCUT2D eigenvalue weighted by atomic mass is 9.64. The predicted octanol–water partition coefficient (Wildman–Crippen LogP) is 1.86. The van der Waals surface area contributed by atoms with Gasteiger partial charge in [-0.05, 0) is 18.8 Å². The van der Waals surface area contributed by atoms with Crippen LogP contribution in [0.1, 0.15) is 39.5 Å². The van der Waals surface area contributed by atoms with Crippen LogP contribution in [0.5, 0.6) is 0 Å². The van der Waals surface area contributed by atoms with Crippen LogP contribution in [-0.4, -0.2) is 16.9 Å². The summed E-state index contributed by atoms with van der Waals surface area (Å²) in [5.74, 6) is -0.755. The fraction of sp³-hybridized carbons (Fsp3) is 0.800. The minimum absolute atomic E-state index is 0.0822. The monoisotopic (exact) mass is 184 g/mol. The molecule has 3 heteroatoms. The third-order valence-electron chi connectivity index (χ3n) is 2.74. The van der Waals surface area contributed by atoms with Crippen molar-refractivity contribution in [2.45, 2.75) is 39.5 Å². The first-order valence-electron chi connectivity index (χ1n) is 4.76. The van der Waals surface area contributed by atoms with Crippen molar-refractivity contribution in [1.29, 1.82) is 0 Å². The van der Waals surface area contributed by atoms with E-state index in [0.717, 1.165) is 6.42 Å². The largest absolute Gasteiger partial charge is 0.480 e. The molecule has 0 aromatic rings. The zero-order valence-corrected chi connectivity index (χ0v) is 8.17. The highest BCUT2D eigenvalue weighted by Crippen LogP contribution is 2.43. The minimum atomic E-state index is -1.01. The summed E-state index contributed by atoms with van der Waals surface area (Å²) < 4.78 is 0. The van der Waals surface area contributed by atoms with E-state index in [2.05, 4.69) is 0 Å². The molecule has 0 amide bonds. The topological polar surface area (TPSA) is 54.4 Å². The summed E-state index contributed by atoms with van der Waals surface area (Å²) in [6.45, 7) is 3.87. The van der Waals surface area contributed by atoms with E-state index >= 15 is 0 Å². The maximum absolute atomic E-state index is 11.6. The van der Waals surface area contributed by atoms with Crippen molar-refractivity contribution in [3.05, 3.63) is 0 Å². The summed E-state index contributed by atoms with van der Waals surface area (Å²) >= 11 is 0. The highest BCUT2D eigenvalue weighted by molar-refractivity contribution is 6.04. The van der Waals surface area contributed by atoms with Gasteiger partial charge in [-0.3, -0.25) is 9.59 Å². The molecule has 74 valence electrons. The van der Waals surface area contributed by atoms with E-state index in [0.29, 0.717) is 19.3 Å². The molecule has 0 aromatic heterocycles. The summed E-state index contributed by atoms with van der Waals surface area (Å²) in [5, 5.41) is 8.95. The molecule has 1 aliphatic rings. The van der Waals surface area contributed by atoms with Crippen LogP contribution in [0.4, 0.5) is 0 Å².